The Kier molecular flexibility index (Phi) is 7.95. The third-order valence-electron chi connectivity index (χ3n) is 3.38. The van der Waals surface area contributed by atoms with Gasteiger partial charge in [-0.15, -0.1) is 24.0 Å². The summed E-state index contributed by atoms with van der Waals surface area (Å²) in [7, 11) is 1.73. The van der Waals surface area contributed by atoms with Crippen molar-refractivity contribution in [1.82, 2.24) is 10.6 Å². The molecule has 1 aliphatic rings. The maximum atomic E-state index is 13.7. The molecule has 2 rings (SSSR count). The average molecular weight is 407 g/mol. The number of aliphatic imine (C=N–C) groups is 1. The molecule has 0 spiro atoms. The van der Waals surface area contributed by atoms with Gasteiger partial charge in [0.15, 0.2) is 5.96 Å². The lowest BCUT2D eigenvalue weighted by atomic mass is 10.1. The first-order valence-corrected chi connectivity index (χ1v) is 7.05. The second-order valence-corrected chi connectivity index (χ2v) is 4.81. The number of rotatable bonds is 6. The summed E-state index contributed by atoms with van der Waals surface area (Å²) in [4.78, 5) is 4.16. The number of nitrogens with zero attached hydrogens (tertiary/aromatic N) is 1. The monoisotopic (exact) mass is 407 g/mol. The topological polar surface area (TPSA) is 45.6 Å². The Balaban J connectivity index is 0.00000220. The Labute approximate surface area is 142 Å². The molecule has 1 aromatic carbocycles. The minimum Gasteiger partial charge on any atom is -0.380 e. The number of guanidine groups is 1. The molecule has 0 bridgehead atoms. The number of halogens is 2. The maximum Gasteiger partial charge on any atom is 0.191 e. The highest BCUT2D eigenvalue weighted by molar-refractivity contribution is 14.0. The highest BCUT2D eigenvalue weighted by atomic mass is 127. The van der Waals surface area contributed by atoms with Crippen LogP contribution in [0.1, 0.15) is 24.8 Å². The van der Waals surface area contributed by atoms with Gasteiger partial charge in [0.1, 0.15) is 5.82 Å². The van der Waals surface area contributed by atoms with Gasteiger partial charge >= 0.3 is 0 Å². The summed E-state index contributed by atoms with van der Waals surface area (Å²) < 4.78 is 18.9. The second kappa shape index (κ2) is 9.19. The molecule has 0 heterocycles. The van der Waals surface area contributed by atoms with Gasteiger partial charge in [-0.3, -0.25) is 4.99 Å². The summed E-state index contributed by atoms with van der Waals surface area (Å²) in [6.07, 6.45) is 0.938. The van der Waals surface area contributed by atoms with Crippen LogP contribution in [0.5, 0.6) is 0 Å². The van der Waals surface area contributed by atoms with E-state index >= 15 is 0 Å². The predicted octanol–water partition coefficient (Wildman–Crippen LogP) is 2.50. The van der Waals surface area contributed by atoms with Gasteiger partial charge in [0.05, 0.1) is 6.61 Å². The first-order valence-electron chi connectivity index (χ1n) is 7.05. The van der Waals surface area contributed by atoms with Gasteiger partial charge in [0.2, 0.25) is 0 Å². The molecule has 118 valence electrons. The predicted molar refractivity (Wildman–Crippen MR) is 94.0 cm³/mol. The molecule has 2 unspecified atom stereocenters. The van der Waals surface area contributed by atoms with E-state index in [1.54, 1.807) is 13.1 Å². The normalized spacial score (nSPS) is 20.6. The fourth-order valence-corrected chi connectivity index (χ4v) is 2.23. The van der Waals surface area contributed by atoms with E-state index in [1.807, 2.05) is 19.1 Å². The first-order chi connectivity index (χ1) is 9.76. The maximum absolute atomic E-state index is 13.7. The van der Waals surface area contributed by atoms with Crippen LogP contribution in [0.2, 0.25) is 0 Å². The lowest BCUT2D eigenvalue weighted by molar-refractivity contribution is 0.152. The van der Waals surface area contributed by atoms with Crippen molar-refractivity contribution in [3.05, 3.63) is 35.6 Å². The van der Waals surface area contributed by atoms with Crippen LogP contribution in [-0.4, -0.2) is 38.8 Å². The number of benzene rings is 1. The Morgan fingerprint density at radius 2 is 2.19 bits per heavy atom. The molecule has 2 N–H and O–H groups in total. The van der Waals surface area contributed by atoms with E-state index in [0.29, 0.717) is 19.8 Å². The van der Waals surface area contributed by atoms with Crippen LogP contribution >= 0.6 is 24.0 Å². The van der Waals surface area contributed by atoms with E-state index in [0.717, 1.165) is 17.9 Å². The molecule has 21 heavy (non-hydrogen) atoms. The Morgan fingerprint density at radius 3 is 2.86 bits per heavy atom. The van der Waals surface area contributed by atoms with Crippen LogP contribution in [0.15, 0.2) is 29.3 Å². The fraction of sp³-hybridized carbons (Fsp3) is 0.533. The van der Waals surface area contributed by atoms with E-state index < -0.39 is 0 Å². The van der Waals surface area contributed by atoms with Crippen LogP contribution in [0.4, 0.5) is 4.39 Å². The molecule has 1 aliphatic carbocycles. The summed E-state index contributed by atoms with van der Waals surface area (Å²) in [5.41, 5.74) is 0.787. The van der Waals surface area contributed by atoms with Gasteiger partial charge in [0, 0.05) is 32.2 Å². The van der Waals surface area contributed by atoms with Gasteiger partial charge < -0.3 is 15.4 Å². The summed E-state index contributed by atoms with van der Waals surface area (Å²) in [5, 5.41) is 6.49. The summed E-state index contributed by atoms with van der Waals surface area (Å²) in [5.74, 6) is 0.858. The molecule has 4 nitrogen and oxygen atoms in total. The largest absolute Gasteiger partial charge is 0.380 e. The lowest BCUT2D eigenvalue weighted by Gasteiger charge is -2.12. The van der Waals surface area contributed by atoms with Crippen molar-refractivity contribution in [2.24, 2.45) is 4.99 Å². The summed E-state index contributed by atoms with van der Waals surface area (Å²) in [6.45, 7) is 4.05. The molecule has 0 amide bonds. The van der Waals surface area contributed by atoms with E-state index in [9.17, 15) is 4.39 Å². The standard InChI is InChI=1S/C15H22FN3O.HI/c1-3-20-9-8-18-15(17-2)19-14-10-12(14)11-6-4-5-7-13(11)16;/h4-7,12,14H,3,8-10H2,1-2H3,(H2,17,18,19);1H. The molecular weight excluding hydrogens is 384 g/mol. The third-order valence-corrected chi connectivity index (χ3v) is 3.38. The van der Waals surface area contributed by atoms with Crippen molar-refractivity contribution in [3.63, 3.8) is 0 Å². The van der Waals surface area contributed by atoms with Crippen molar-refractivity contribution < 1.29 is 9.13 Å². The van der Waals surface area contributed by atoms with Crippen LogP contribution in [0.3, 0.4) is 0 Å². The zero-order valence-corrected chi connectivity index (χ0v) is 14.8. The van der Waals surface area contributed by atoms with Crippen molar-refractivity contribution in [2.75, 3.05) is 26.8 Å². The van der Waals surface area contributed by atoms with E-state index in [-0.39, 0.29) is 41.8 Å². The molecule has 1 aromatic rings. The molecule has 6 heteroatoms. The fourth-order valence-electron chi connectivity index (χ4n) is 2.23. The van der Waals surface area contributed by atoms with Crippen LogP contribution in [0, 0.1) is 5.82 Å². The van der Waals surface area contributed by atoms with Gasteiger partial charge in [-0.1, -0.05) is 18.2 Å². The number of hydrogen-bond acceptors (Lipinski definition) is 2. The zero-order valence-electron chi connectivity index (χ0n) is 12.4. The average Bonchev–Trinajstić information content (AvgIpc) is 3.22. The quantitative estimate of drug-likeness (QED) is 0.330. The van der Waals surface area contributed by atoms with E-state index in [4.69, 9.17) is 4.74 Å². The molecular formula is C15H23FIN3O. The van der Waals surface area contributed by atoms with Crippen LogP contribution in [-0.2, 0) is 4.74 Å². The van der Waals surface area contributed by atoms with Crippen molar-refractivity contribution in [2.45, 2.75) is 25.3 Å². The van der Waals surface area contributed by atoms with Gasteiger partial charge in [0.25, 0.3) is 0 Å². The van der Waals surface area contributed by atoms with Gasteiger partial charge in [-0.05, 0) is 25.0 Å². The molecule has 0 saturated heterocycles. The lowest BCUT2D eigenvalue weighted by Crippen LogP contribution is -2.40. The Hall–Kier alpha value is -0.890. The molecule has 0 aliphatic heterocycles. The highest BCUT2D eigenvalue weighted by Crippen LogP contribution is 2.41. The number of hydrogen-bond donors (Lipinski definition) is 2. The molecule has 2 atom stereocenters. The Morgan fingerprint density at radius 1 is 1.43 bits per heavy atom. The number of ether oxygens (including phenoxy) is 1. The minimum atomic E-state index is -0.124. The SMILES string of the molecule is CCOCCNC(=NC)NC1CC1c1ccccc1F.I. The summed E-state index contributed by atoms with van der Waals surface area (Å²) >= 11 is 0. The highest BCUT2D eigenvalue weighted by Gasteiger charge is 2.40. The third kappa shape index (κ3) is 5.43. The van der Waals surface area contributed by atoms with Crippen molar-refractivity contribution in [1.29, 1.82) is 0 Å². The second-order valence-electron chi connectivity index (χ2n) is 4.81. The van der Waals surface area contributed by atoms with E-state index in [2.05, 4.69) is 15.6 Å². The molecule has 1 fully saturated rings. The minimum absolute atomic E-state index is 0. The first kappa shape index (κ1) is 18.2. The number of nitrogens with one attached hydrogen (secondary N) is 2. The Bertz CT molecular complexity index is 470. The van der Waals surface area contributed by atoms with E-state index in [1.165, 1.54) is 6.07 Å². The van der Waals surface area contributed by atoms with Crippen molar-refractivity contribution >= 4 is 29.9 Å². The summed E-state index contributed by atoms with van der Waals surface area (Å²) in [6, 6.07) is 7.22. The molecule has 0 aromatic heterocycles. The van der Waals surface area contributed by atoms with Gasteiger partial charge in [-0.25, -0.2) is 4.39 Å². The zero-order chi connectivity index (χ0) is 14.4. The molecule has 0 radical (unpaired) electrons. The van der Waals surface area contributed by atoms with Gasteiger partial charge in [-0.2, -0.15) is 0 Å². The molecule has 1 saturated carbocycles. The smallest absolute Gasteiger partial charge is 0.191 e. The van der Waals surface area contributed by atoms with Crippen LogP contribution in [0.25, 0.3) is 0 Å². The van der Waals surface area contributed by atoms with Crippen LogP contribution < -0.4 is 10.6 Å². The van der Waals surface area contributed by atoms with Crippen molar-refractivity contribution in [3.8, 4) is 0 Å².